The minimum Gasteiger partial charge on any atom is -0.198 e. The molecule has 0 atom stereocenters. The second kappa shape index (κ2) is 9.89. The van der Waals surface area contributed by atoms with Crippen LogP contribution >= 0.6 is 23.2 Å². The van der Waals surface area contributed by atoms with Crippen LogP contribution in [0.5, 0.6) is 0 Å². The molecule has 1 nitrogen and oxygen atoms in total. The zero-order chi connectivity index (χ0) is 9.94. The minimum atomic E-state index is 0.365. The Morgan fingerprint density at radius 1 is 1.08 bits per heavy atom. The molecule has 0 aromatic heterocycles. The Labute approximate surface area is 90.3 Å². The molecule has 0 aliphatic rings. The second-order valence-electron chi connectivity index (χ2n) is 2.96. The van der Waals surface area contributed by atoms with Gasteiger partial charge in [0.15, 0.2) is 0 Å². The molecule has 0 aromatic rings. The van der Waals surface area contributed by atoms with Gasteiger partial charge in [-0.2, -0.15) is 5.26 Å². The van der Waals surface area contributed by atoms with Gasteiger partial charge in [0, 0.05) is 6.42 Å². The molecular weight excluding hydrogens is 205 g/mol. The van der Waals surface area contributed by atoms with Gasteiger partial charge in [-0.3, -0.25) is 0 Å². The molecule has 0 bridgehead atoms. The molecule has 0 rings (SSSR count). The number of nitrogens with zero attached hydrogens (tertiary/aromatic N) is 1. The van der Waals surface area contributed by atoms with Crippen molar-refractivity contribution < 1.29 is 0 Å². The minimum absolute atomic E-state index is 0.365. The van der Waals surface area contributed by atoms with Gasteiger partial charge in [-0.15, -0.1) is 0 Å². The lowest BCUT2D eigenvalue weighted by atomic mass is 10.1. The van der Waals surface area contributed by atoms with E-state index in [1.165, 1.54) is 12.8 Å². The van der Waals surface area contributed by atoms with E-state index in [1.54, 1.807) is 0 Å². The number of halogens is 2. The highest BCUT2D eigenvalue weighted by Crippen LogP contribution is 2.11. The fourth-order valence-corrected chi connectivity index (χ4v) is 1.31. The fraction of sp³-hybridized carbons (Fsp3) is 0.700. The summed E-state index contributed by atoms with van der Waals surface area (Å²) < 4.78 is 0.365. The molecule has 13 heavy (non-hydrogen) atoms. The van der Waals surface area contributed by atoms with Crippen molar-refractivity contribution in [1.29, 1.82) is 5.26 Å². The molecule has 0 N–H and O–H groups in total. The summed E-state index contributed by atoms with van der Waals surface area (Å²) in [5.74, 6) is 0. The molecule has 0 aromatic carbocycles. The maximum Gasteiger partial charge on any atom is 0.102 e. The van der Waals surface area contributed by atoms with E-state index in [2.05, 4.69) is 6.07 Å². The monoisotopic (exact) mass is 219 g/mol. The van der Waals surface area contributed by atoms with E-state index in [0.717, 1.165) is 25.7 Å². The van der Waals surface area contributed by atoms with Gasteiger partial charge in [-0.05, 0) is 19.3 Å². The number of nitriles is 1. The molecule has 74 valence electrons. The Hall–Kier alpha value is -0.190. The molecule has 0 spiro atoms. The molecule has 0 fully saturated rings. The Kier molecular flexibility index (Phi) is 9.75. The van der Waals surface area contributed by atoms with Crippen molar-refractivity contribution >= 4 is 23.2 Å². The van der Waals surface area contributed by atoms with E-state index in [9.17, 15) is 0 Å². The van der Waals surface area contributed by atoms with E-state index in [4.69, 9.17) is 28.5 Å². The average Bonchev–Trinajstić information content (AvgIpc) is 2.09. The fourth-order valence-electron chi connectivity index (χ4n) is 1.09. The Balaban J connectivity index is 3.01. The summed E-state index contributed by atoms with van der Waals surface area (Å²) in [6.45, 7) is 0. The first-order chi connectivity index (χ1) is 6.27. The third kappa shape index (κ3) is 11.8. The van der Waals surface area contributed by atoms with E-state index in [-0.39, 0.29) is 0 Å². The van der Waals surface area contributed by atoms with Crippen molar-refractivity contribution in [2.24, 2.45) is 0 Å². The first-order valence-electron chi connectivity index (χ1n) is 4.65. The van der Waals surface area contributed by atoms with Crippen LogP contribution in [-0.4, -0.2) is 0 Å². The van der Waals surface area contributed by atoms with Gasteiger partial charge in [0.05, 0.1) is 6.07 Å². The molecule has 0 aliphatic carbocycles. The maximum atomic E-state index is 8.28. The van der Waals surface area contributed by atoms with Gasteiger partial charge in [0.2, 0.25) is 0 Å². The number of hydrogen-bond acceptors (Lipinski definition) is 1. The molecule has 0 unspecified atom stereocenters. The first kappa shape index (κ1) is 12.8. The van der Waals surface area contributed by atoms with Crippen LogP contribution in [0.15, 0.2) is 10.6 Å². The van der Waals surface area contributed by atoms with Crippen LogP contribution in [0.25, 0.3) is 0 Å². The first-order valence-corrected chi connectivity index (χ1v) is 5.41. The number of hydrogen-bond donors (Lipinski definition) is 0. The van der Waals surface area contributed by atoms with Gasteiger partial charge < -0.3 is 0 Å². The largest absolute Gasteiger partial charge is 0.198 e. The van der Waals surface area contributed by atoms with Crippen LogP contribution in [0.1, 0.15) is 44.9 Å². The molecular formula is C10H15Cl2N. The standard InChI is InChI=1S/C10H15Cl2N/c11-10(12)8-6-4-2-1-3-5-7-9-13/h8H,1-7H2. The predicted molar refractivity (Wildman–Crippen MR) is 57.7 cm³/mol. The van der Waals surface area contributed by atoms with Gasteiger partial charge in [0.1, 0.15) is 4.49 Å². The van der Waals surface area contributed by atoms with E-state index >= 15 is 0 Å². The average molecular weight is 220 g/mol. The highest BCUT2D eigenvalue weighted by Gasteiger charge is 1.90. The van der Waals surface area contributed by atoms with Crippen LogP contribution in [0.3, 0.4) is 0 Å². The van der Waals surface area contributed by atoms with E-state index in [1.807, 2.05) is 6.08 Å². The quantitative estimate of drug-likeness (QED) is 0.577. The Morgan fingerprint density at radius 2 is 1.69 bits per heavy atom. The highest BCUT2D eigenvalue weighted by molar-refractivity contribution is 6.55. The Morgan fingerprint density at radius 3 is 2.31 bits per heavy atom. The van der Waals surface area contributed by atoms with Crippen molar-refractivity contribution in [3.63, 3.8) is 0 Å². The van der Waals surface area contributed by atoms with Crippen LogP contribution in [0.4, 0.5) is 0 Å². The normalized spacial score (nSPS) is 9.31. The van der Waals surface area contributed by atoms with Crippen molar-refractivity contribution in [2.45, 2.75) is 44.9 Å². The lowest BCUT2D eigenvalue weighted by molar-refractivity contribution is 0.624. The van der Waals surface area contributed by atoms with Crippen molar-refractivity contribution in [3.05, 3.63) is 10.6 Å². The van der Waals surface area contributed by atoms with Gasteiger partial charge in [-0.25, -0.2) is 0 Å². The molecule has 0 saturated carbocycles. The second-order valence-corrected chi connectivity index (χ2v) is 3.97. The molecule has 0 saturated heterocycles. The summed E-state index contributed by atoms with van der Waals surface area (Å²) in [6.07, 6.45) is 9.20. The number of unbranched alkanes of at least 4 members (excludes halogenated alkanes) is 6. The smallest absolute Gasteiger partial charge is 0.102 e. The highest BCUT2D eigenvalue weighted by atomic mass is 35.5. The summed E-state index contributed by atoms with van der Waals surface area (Å²) in [5.41, 5.74) is 0. The Bertz CT molecular complexity index is 178. The summed E-state index contributed by atoms with van der Waals surface area (Å²) in [4.78, 5) is 0. The van der Waals surface area contributed by atoms with Crippen LogP contribution < -0.4 is 0 Å². The van der Waals surface area contributed by atoms with Gasteiger partial charge in [0.25, 0.3) is 0 Å². The lowest BCUT2D eigenvalue weighted by Crippen LogP contribution is -1.78. The zero-order valence-electron chi connectivity index (χ0n) is 7.73. The van der Waals surface area contributed by atoms with Crippen molar-refractivity contribution in [1.82, 2.24) is 0 Å². The summed E-state index contributed by atoms with van der Waals surface area (Å²) in [7, 11) is 0. The summed E-state index contributed by atoms with van der Waals surface area (Å²) >= 11 is 10.9. The molecule has 0 heterocycles. The van der Waals surface area contributed by atoms with Crippen LogP contribution in [0.2, 0.25) is 0 Å². The lowest BCUT2D eigenvalue weighted by Gasteiger charge is -1.96. The third-order valence-corrected chi connectivity index (χ3v) is 2.10. The van der Waals surface area contributed by atoms with Gasteiger partial charge in [-0.1, -0.05) is 48.5 Å². The molecule has 3 heteroatoms. The molecule has 0 amide bonds. The van der Waals surface area contributed by atoms with Crippen molar-refractivity contribution in [3.8, 4) is 6.07 Å². The molecule has 0 aliphatic heterocycles. The zero-order valence-corrected chi connectivity index (χ0v) is 9.24. The topological polar surface area (TPSA) is 23.8 Å². The van der Waals surface area contributed by atoms with Crippen LogP contribution in [0, 0.1) is 11.3 Å². The number of allylic oxidation sites excluding steroid dienone is 1. The van der Waals surface area contributed by atoms with E-state index < -0.39 is 0 Å². The van der Waals surface area contributed by atoms with Gasteiger partial charge >= 0.3 is 0 Å². The molecule has 0 radical (unpaired) electrons. The summed E-state index contributed by atoms with van der Waals surface area (Å²) in [5, 5.41) is 8.28. The number of rotatable bonds is 7. The maximum absolute atomic E-state index is 8.28. The third-order valence-electron chi connectivity index (χ3n) is 1.79. The van der Waals surface area contributed by atoms with Crippen LogP contribution in [-0.2, 0) is 0 Å². The SMILES string of the molecule is N#CCCCCCCCC=C(Cl)Cl. The van der Waals surface area contributed by atoms with E-state index in [0.29, 0.717) is 10.9 Å². The predicted octanol–water partition coefficient (Wildman–Crippen LogP) is 4.56. The van der Waals surface area contributed by atoms with Crippen molar-refractivity contribution in [2.75, 3.05) is 0 Å². The summed E-state index contributed by atoms with van der Waals surface area (Å²) in [6, 6.07) is 2.14.